The number of aryl methyl sites for hydroxylation is 1. The predicted molar refractivity (Wildman–Crippen MR) is 84.5 cm³/mol. The molecule has 3 nitrogen and oxygen atoms in total. The molecule has 1 heterocycles. The van der Waals surface area contributed by atoms with Crippen molar-refractivity contribution in [3.05, 3.63) is 58.2 Å². The highest BCUT2D eigenvalue weighted by Gasteiger charge is 2.08. The first kappa shape index (κ1) is 13.3. The topological polar surface area (TPSA) is 29.9 Å². The molecule has 5 heteroatoms. The minimum Gasteiger partial charge on any atom is -0.378 e. The summed E-state index contributed by atoms with van der Waals surface area (Å²) in [5, 5.41) is 10.3. The number of hydrogen-bond donors (Lipinski definition) is 1. The van der Waals surface area contributed by atoms with Gasteiger partial charge in [0.2, 0.25) is 0 Å². The summed E-state index contributed by atoms with van der Waals surface area (Å²) in [6.07, 6.45) is 0. The summed E-state index contributed by atoms with van der Waals surface area (Å²) < 4.78 is 1.88. The van der Waals surface area contributed by atoms with Crippen molar-refractivity contribution in [3.63, 3.8) is 0 Å². The van der Waals surface area contributed by atoms with Crippen molar-refractivity contribution in [1.29, 1.82) is 0 Å². The summed E-state index contributed by atoms with van der Waals surface area (Å²) in [6.45, 7) is 0.599. The van der Waals surface area contributed by atoms with E-state index in [1.54, 1.807) is 12.1 Å². The van der Waals surface area contributed by atoms with Crippen LogP contribution in [0.5, 0.6) is 0 Å². The fraction of sp³-hybridized carbons (Fsp3) is 0.133. The van der Waals surface area contributed by atoms with Gasteiger partial charge in [-0.15, -0.1) is 0 Å². The first-order chi connectivity index (χ1) is 9.65. The third-order valence-electron chi connectivity index (χ3n) is 3.21. The number of rotatable bonds is 3. The SMILES string of the molecule is Cn1nc(CNc2cc(Cl)ccc2Cl)c2ccccc21. The van der Waals surface area contributed by atoms with Crippen LogP contribution in [0, 0.1) is 0 Å². The minimum absolute atomic E-state index is 0.599. The van der Waals surface area contributed by atoms with Gasteiger partial charge in [-0.25, -0.2) is 0 Å². The number of halogens is 2. The average molecular weight is 306 g/mol. The van der Waals surface area contributed by atoms with Crippen LogP contribution in [-0.4, -0.2) is 9.78 Å². The number of benzene rings is 2. The quantitative estimate of drug-likeness (QED) is 0.772. The second kappa shape index (κ2) is 5.35. The Morgan fingerprint density at radius 3 is 2.80 bits per heavy atom. The molecule has 2 aromatic carbocycles. The third kappa shape index (κ3) is 2.47. The predicted octanol–water partition coefficient (Wildman–Crippen LogP) is 4.49. The molecule has 102 valence electrons. The van der Waals surface area contributed by atoms with Crippen LogP contribution in [0.15, 0.2) is 42.5 Å². The fourth-order valence-corrected chi connectivity index (χ4v) is 2.59. The molecule has 0 fully saturated rings. The van der Waals surface area contributed by atoms with E-state index < -0.39 is 0 Å². The molecule has 3 rings (SSSR count). The molecule has 0 atom stereocenters. The van der Waals surface area contributed by atoms with Crippen molar-refractivity contribution >= 4 is 39.8 Å². The second-order valence-corrected chi connectivity index (χ2v) is 5.41. The standard InChI is InChI=1S/C15H13Cl2N3/c1-20-15-5-3-2-4-11(15)14(19-20)9-18-13-8-10(16)6-7-12(13)17/h2-8,18H,9H2,1H3. The Morgan fingerprint density at radius 2 is 1.95 bits per heavy atom. The van der Waals surface area contributed by atoms with Gasteiger partial charge in [-0.05, 0) is 24.3 Å². The van der Waals surface area contributed by atoms with Crippen LogP contribution in [0.4, 0.5) is 5.69 Å². The molecule has 0 saturated carbocycles. The van der Waals surface area contributed by atoms with Crippen LogP contribution in [0.25, 0.3) is 10.9 Å². The smallest absolute Gasteiger partial charge is 0.0894 e. The van der Waals surface area contributed by atoms with E-state index in [0.29, 0.717) is 16.6 Å². The van der Waals surface area contributed by atoms with E-state index >= 15 is 0 Å². The van der Waals surface area contributed by atoms with Crippen molar-refractivity contribution in [1.82, 2.24) is 9.78 Å². The van der Waals surface area contributed by atoms with Crippen LogP contribution in [-0.2, 0) is 13.6 Å². The lowest BCUT2D eigenvalue weighted by Crippen LogP contribution is -2.02. The normalized spacial score (nSPS) is 10.9. The van der Waals surface area contributed by atoms with Crippen molar-refractivity contribution < 1.29 is 0 Å². The van der Waals surface area contributed by atoms with Crippen molar-refractivity contribution in [3.8, 4) is 0 Å². The Kier molecular flexibility index (Phi) is 3.55. The summed E-state index contributed by atoms with van der Waals surface area (Å²) in [5.74, 6) is 0. The molecule has 1 aromatic heterocycles. The fourth-order valence-electron chi connectivity index (χ4n) is 2.23. The van der Waals surface area contributed by atoms with Gasteiger partial charge in [0, 0.05) is 17.5 Å². The number of anilines is 1. The highest BCUT2D eigenvalue weighted by Crippen LogP contribution is 2.26. The number of aromatic nitrogens is 2. The molecule has 20 heavy (non-hydrogen) atoms. The molecule has 0 aliphatic carbocycles. The number of fused-ring (bicyclic) bond motifs is 1. The number of hydrogen-bond acceptors (Lipinski definition) is 2. The van der Waals surface area contributed by atoms with Gasteiger partial charge in [0.15, 0.2) is 0 Å². The van der Waals surface area contributed by atoms with E-state index in [-0.39, 0.29) is 0 Å². The molecule has 0 radical (unpaired) electrons. The van der Waals surface area contributed by atoms with Gasteiger partial charge >= 0.3 is 0 Å². The summed E-state index contributed by atoms with van der Waals surface area (Å²) in [6, 6.07) is 13.5. The molecular weight excluding hydrogens is 293 g/mol. The second-order valence-electron chi connectivity index (χ2n) is 4.57. The number of nitrogens with one attached hydrogen (secondary N) is 1. The first-order valence-electron chi connectivity index (χ1n) is 6.24. The molecule has 0 amide bonds. The minimum atomic E-state index is 0.599. The van der Waals surface area contributed by atoms with E-state index in [2.05, 4.69) is 22.5 Å². The Balaban J connectivity index is 1.89. The van der Waals surface area contributed by atoms with Gasteiger partial charge < -0.3 is 5.32 Å². The zero-order valence-corrected chi connectivity index (χ0v) is 12.4. The van der Waals surface area contributed by atoms with Crippen LogP contribution in [0.1, 0.15) is 5.69 Å². The van der Waals surface area contributed by atoms with Gasteiger partial charge in [-0.3, -0.25) is 4.68 Å². The number of nitrogens with zero attached hydrogens (tertiary/aromatic N) is 2. The van der Waals surface area contributed by atoms with Gasteiger partial charge in [-0.1, -0.05) is 41.4 Å². The Bertz CT molecular complexity index is 765. The summed E-state index contributed by atoms with van der Waals surface area (Å²) in [7, 11) is 1.94. The van der Waals surface area contributed by atoms with E-state index in [1.807, 2.05) is 29.9 Å². The molecule has 0 unspecified atom stereocenters. The summed E-state index contributed by atoms with van der Waals surface area (Å²) >= 11 is 12.1. The molecule has 0 saturated heterocycles. The summed E-state index contributed by atoms with van der Waals surface area (Å²) in [4.78, 5) is 0. The van der Waals surface area contributed by atoms with Gasteiger partial charge in [0.1, 0.15) is 0 Å². The van der Waals surface area contributed by atoms with Crippen LogP contribution in [0.2, 0.25) is 10.0 Å². The van der Waals surface area contributed by atoms with E-state index in [0.717, 1.165) is 22.3 Å². The lowest BCUT2D eigenvalue weighted by Gasteiger charge is -2.07. The zero-order chi connectivity index (χ0) is 14.1. The highest BCUT2D eigenvalue weighted by molar-refractivity contribution is 6.35. The van der Waals surface area contributed by atoms with Crippen LogP contribution in [0.3, 0.4) is 0 Å². The lowest BCUT2D eigenvalue weighted by molar-refractivity contribution is 0.771. The summed E-state index contributed by atoms with van der Waals surface area (Å²) in [5.41, 5.74) is 2.91. The monoisotopic (exact) mass is 305 g/mol. The molecule has 1 N–H and O–H groups in total. The van der Waals surface area contributed by atoms with Gasteiger partial charge in [0.25, 0.3) is 0 Å². The van der Waals surface area contributed by atoms with Gasteiger partial charge in [0.05, 0.1) is 28.5 Å². The Hall–Kier alpha value is -1.71. The molecule has 0 aliphatic heterocycles. The van der Waals surface area contributed by atoms with Crippen molar-refractivity contribution in [2.45, 2.75) is 6.54 Å². The van der Waals surface area contributed by atoms with Crippen molar-refractivity contribution in [2.24, 2.45) is 7.05 Å². The largest absolute Gasteiger partial charge is 0.378 e. The maximum atomic E-state index is 6.14. The molecule has 0 bridgehead atoms. The Morgan fingerprint density at radius 1 is 1.15 bits per heavy atom. The zero-order valence-electron chi connectivity index (χ0n) is 10.9. The molecule has 0 aliphatic rings. The maximum Gasteiger partial charge on any atom is 0.0894 e. The molecule has 0 spiro atoms. The van der Waals surface area contributed by atoms with E-state index in [1.165, 1.54) is 0 Å². The van der Waals surface area contributed by atoms with Crippen molar-refractivity contribution in [2.75, 3.05) is 5.32 Å². The average Bonchev–Trinajstić information content (AvgIpc) is 2.77. The van der Waals surface area contributed by atoms with Gasteiger partial charge in [-0.2, -0.15) is 5.10 Å². The molecule has 3 aromatic rings. The van der Waals surface area contributed by atoms with E-state index in [4.69, 9.17) is 23.2 Å². The highest BCUT2D eigenvalue weighted by atomic mass is 35.5. The third-order valence-corrected chi connectivity index (χ3v) is 3.77. The molecular formula is C15H13Cl2N3. The number of para-hydroxylation sites is 1. The van der Waals surface area contributed by atoms with Crippen LogP contribution >= 0.6 is 23.2 Å². The maximum absolute atomic E-state index is 6.14. The Labute approximate surface area is 127 Å². The first-order valence-corrected chi connectivity index (χ1v) is 7.00. The van der Waals surface area contributed by atoms with Crippen LogP contribution < -0.4 is 5.32 Å². The lowest BCUT2D eigenvalue weighted by atomic mass is 10.2. The van der Waals surface area contributed by atoms with E-state index in [9.17, 15) is 0 Å².